The molecule has 1 atom stereocenters. The van der Waals surface area contributed by atoms with E-state index in [0.717, 1.165) is 5.56 Å². The average molecular weight is 249 g/mol. The summed E-state index contributed by atoms with van der Waals surface area (Å²) in [6, 6.07) is 14.8. The van der Waals surface area contributed by atoms with Crippen LogP contribution < -0.4 is 0 Å². The summed E-state index contributed by atoms with van der Waals surface area (Å²) in [5.74, 6) is -0.236. The second-order valence-corrected chi connectivity index (χ2v) is 4.71. The van der Waals surface area contributed by atoms with Gasteiger partial charge in [-0.15, -0.1) is 11.6 Å². The minimum Gasteiger partial charge on any atom is -0.207 e. The van der Waals surface area contributed by atoms with Crippen LogP contribution >= 0.6 is 11.6 Å². The first kappa shape index (κ1) is 12.1. The third-order valence-electron chi connectivity index (χ3n) is 2.78. The zero-order valence-electron chi connectivity index (χ0n) is 9.66. The summed E-state index contributed by atoms with van der Waals surface area (Å²) in [5.41, 5.74) is 2.90. The Labute approximate surface area is 106 Å². The summed E-state index contributed by atoms with van der Waals surface area (Å²) < 4.78 is 13.5. The maximum Gasteiger partial charge on any atom is 0.127 e. The number of hydrogen-bond donors (Lipinski definition) is 0. The van der Waals surface area contributed by atoms with Crippen LogP contribution in [0.25, 0.3) is 0 Å². The molecule has 0 bridgehead atoms. The van der Waals surface area contributed by atoms with E-state index in [1.165, 1.54) is 11.6 Å². The number of benzene rings is 2. The lowest BCUT2D eigenvalue weighted by atomic mass is 10.0. The van der Waals surface area contributed by atoms with Crippen LogP contribution in [0.2, 0.25) is 0 Å². The van der Waals surface area contributed by atoms with Gasteiger partial charge in [0, 0.05) is 5.56 Å². The molecule has 0 nitrogen and oxygen atoms in total. The molecule has 2 aromatic carbocycles. The van der Waals surface area contributed by atoms with Crippen LogP contribution in [0.1, 0.15) is 22.1 Å². The van der Waals surface area contributed by atoms with Crippen molar-refractivity contribution in [3.8, 4) is 0 Å². The fourth-order valence-electron chi connectivity index (χ4n) is 1.77. The van der Waals surface area contributed by atoms with Gasteiger partial charge in [0.25, 0.3) is 0 Å². The van der Waals surface area contributed by atoms with Gasteiger partial charge in [-0.2, -0.15) is 0 Å². The highest BCUT2D eigenvalue weighted by atomic mass is 35.5. The summed E-state index contributed by atoms with van der Waals surface area (Å²) in [6.07, 6.45) is 0.642. The van der Waals surface area contributed by atoms with Gasteiger partial charge in [-0.1, -0.05) is 48.0 Å². The lowest BCUT2D eigenvalue weighted by Gasteiger charge is -2.11. The molecule has 0 fully saturated rings. The average Bonchev–Trinajstić information content (AvgIpc) is 2.32. The van der Waals surface area contributed by atoms with Gasteiger partial charge in [0.05, 0.1) is 5.38 Å². The fraction of sp³-hybridized carbons (Fsp3) is 0.200. The Morgan fingerprint density at radius 2 is 1.71 bits per heavy atom. The smallest absolute Gasteiger partial charge is 0.127 e. The maximum atomic E-state index is 13.5. The number of alkyl halides is 1. The third-order valence-corrected chi connectivity index (χ3v) is 3.17. The molecule has 0 amide bonds. The van der Waals surface area contributed by atoms with Crippen LogP contribution in [0, 0.1) is 12.7 Å². The van der Waals surface area contributed by atoms with Crippen molar-refractivity contribution in [2.45, 2.75) is 18.7 Å². The van der Waals surface area contributed by atoms with Crippen LogP contribution in [-0.4, -0.2) is 0 Å². The van der Waals surface area contributed by atoms with Gasteiger partial charge in [-0.25, -0.2) is 4.39 Å². The molecule has 0 aromatic heterocycles. The third kappa shape index (κ3) is 3.07. The second kappa shape index (κ2) is 5.33. The van der Waals surface area contributed by atoms with Crippen molar-refractivity contribution in [2.24, 2.45) is 0 Å². The molecule has 2 rings (SSSR count). The van der Waals surface area contributed by atoms with E-state index >= 15 is 0 Å². The Kier molecular flexibility index (Phi) is 3.80. The number of hydrogen-bond acceptors (Lipinski definition) is 0. The Balaban J connectivity index is 2.14. The first-order valence-corrected chi connectivity index (χ1v) is 6.04. The molecule has 1 unspecified atom stereocenters. The van der Waals surface area contributed by atoms with Gasteiger partial charge in [0.15, 0.2) is 0 Å². The highest BCUT2D eigenvalue weighted by molar-refractivity contribution is 6.20. The molecule has 0 saturated heterocycles. The lowest BCUT2D eigenvalue weighted by Crippen LogP contribution is -1.98. The first-order valence-electron chi connectivity index (χ1n) is 5.61. The molecule has 2 heteroatoms. The van der Waals surface area contributed by atoms with Gasteiger partial charge >= 0.3 is 0 Å². The molecule has 0 aliphatic heterocycles. The minimum atomic E-state index is -0.320. The Hall–Kier alpha value is -1.34. The lowest BCUT2D eigenvalue weighted by molar-refractivity contribution is 0.606. The zero-order chi connectivity index (χ0) is 12.3. The molecule has 0 saturated carbocycles. The molecule has 0 heterocycles. The normalized spacial score (nSPS) is 12.4. The van der Waals surface area contributed by atoms with Gasteiger partial charge < -0.3 is 0 Å². The standard InChI is InChI=1S/C15H14ClF/c1-11-6-8-12(9-7-11)10-14(16)13-4-2-3-5-15(13)17/h2-9,14H,10H2,1H3. The van der Waals surface area contributed by atoms with E-state index in [1.54, 1.807) is 12.1 Å². The molecular weight excluding hydrogens is 235 g/mol. The topological polar surface area (TPSA) is 0 Å². The molecule has 2 aromatic rings. The number of halogens is 2. The SMILES string of the molecule is Cc1ccc(CC(Cl)c2ccccc2F)cc1. The predicted molar refractivity (Wildman–Crippen MR) is 69.9 cm³/mol. The van der Waals surface area contributed by atoms with Crippen molar-refractivity contribution in [1.82, 2.24) is 0 Å². The maximum absolute atomic E-state index is 13.5. The molecule has 0 aliphatic carbocycles. The second-order valence-electron chi connectivity index (χ2n) is 4.18. The first-order chi connectivity index (χ1) is 8.16. The zero-order valence-corrected chi connectivity index (χ0v) is 10.4. The van der Waals surface area contributed by atoms with Crippen LogP contribution in [0.3, 0.4) is 0 Å². The number of aryl methyl sites for hydroxylation is 1. The summed E-state index contributed by atoms with van der Waals surface area (Å²) in [7, 11) is 0. The Bertz CT molecular complexity index is 491. The van der Waals surface area contributed by atoms with E-state index in [4.69, 9.17) is 11.6 Å². The van der Waals surface area contributed by atoms with E-state index in [2.05, 4.69) is 0 Å². The summed E-state index contributed by atoms with van der Waals surface area (Å²) in [6.45, 7) is 2.04. The van der Waals surface area contributed by atoms with Crippen molar-refractivity contribution in [3.63, 3.8) is 0 Å². The fourth-order valence-corrected chi connectivity index (χ4v) is 2.13. The Morgan fingerprint density at radius 3 is 2.35 bits per heavy atom. The Morgan fingerprint density at radius 1 is 1.06 bits per heavy atom. The summed E-state index contributed by atoms with van der Waals surface area (Å²) in [5, 5.41) is -0.320. The van der Waals surface area contributed by atoms with E-state index in [0.29, 0.717) is 12.0 Å². The largest absolute Gasteiger partial charge is 0.207 e. The minimum absolute atomic E-state index is 0.236. The highest BCUT2D eigenvalue weighted by Crippen LogP contribution is 2.27. The van der Waals surface area contributed by atoms with Crippen LogP contribution in [-0.2, 0) is 6.42 Å². The van der Waals surface area contributed by atoms with Crippen molar-refractivity contribution >= 4 is 11.6 Å². The molecule has 0 spiro atoms. The molecule has 88 valence electrons. The van der Waals surface area contributed by atoms with Crippen LogP contribution in [0.5, 0.6) is 0 Å². The highest BCUT2D eigenvalue weighted by Gasteiger charge is 2.12. The van der Waals surface area contributed by atoms with Crippen LogP contribution in [0.15, 0.2) is 48.5 Å². The van der Waals surface area contributed by atoms with Gasteiger partial charge in [-0.05, 0) is 25.0 Å². The number of rotatable bonds is 3. The van der Waals surface area contributed by atoms with Gasteiger partial charge in [0.2, 0.25) is 0 Å². The molecular formula is C15H14ClF. The van der Waals surface area contributed by atoms with E-state index in [-0.39, 0.29) is 11.2 Å². The van der Waals surface area contributed by atoms with E-state index in [1.807, 2.05) is 37.3 Å². The summed E-state index contributed by atoms with van der Waals surface area (Å²) in [4.78, 5) is 0. The molecule has 0 N–H and O–H groups in total. The predicted octanol–water partition coefficient (Wildman–Crippen LogP) is 4.66. The quantitative estimate of drug-likeness (QED) is 0.694. The van der Waals surface area contributed by atoms with Crippen molar-refractivity contribution in [1.29, 1.82) is 0 Å². The summed E-state index contributed by atoms with van der Waals surface area (Å²) >= 11 is 6.25. The van der Waals surface area contributed by atoms with Gasteiger partial charge in [-0.3, -0.25) is 0 Å². The van der Waals surface area contributed by atoms with Crippen molar-refractivity contribution in [2.75, 3.05) is 0 Å². The van der Waals surface area contributed by atoms with E-state index < -0.39 is 0 Å². The molecule has 0 aliphatic rings. The van der Waals surface area contributed by atoms with Gasteiger partial charge in [0.1, 0.15) is 5.82 Å². The van der Waals surface area contributed by atoms with E-state index in [9.17, 15) is 4.39 Å². The molecule has 0 radical (unpaired) electrons. The van der Waals surface area contributed by atoms with Crippen LogP contribution in [0.4, 0.5) is 4.39 Å². The van der Waals surface area contributed by atoms with Crippen molar-refractivity contribution in [3.05, 3.63) is 71.0 Å². The monoisotopic (exact) mass is 248 g/mol. The van der Waals surface area contributed by atoms with Crippen molar-refractivity contribution < 1.29 is 4.39 Å². The molecule has 17 heavy (non-hydrogen) atoms.